The van der Waals surface area contributed by atoms with Gasteiger partial charge in [0.2, 0.25) is 0 Å². The number of hydrogen-bond donors (Lipinski definition) is 2. The summed E-state index contributed by atoms with van der Waals surface area (Å²) in [5.74, 6) is -0.454. The molecule has 1 heterocycles. The molecule has 1 aromatic rings. The number of pyridine rings is 1. The highest BCUT2D eigenvalue weighted by atomic mass is 35.5. The fraction of sp³-hybridized carbons (Fsp3) is 0.455. The molecule has 4 nitrogen and oxygen atoms in total. The molecule has 1 fully saturated rings. The minimum Gasteiger partial charge on any atom is -0.478 e. The van der Waals surface area contributed by atoms with E-state index in [1.165, 1.54) is 18.7 Å². The summed E-state index contributed by atoms with van der Waals surface area (Å²) in [6.07, 6.45) is 4.70. The van der Waals surface area contributed by atoms with Gasteiger partial charge in [-0.25, -0.2) is 9.78 Å². The summed E-state index contributed by atoms with van der Waals surface area (Å²) >= 11 is 5.97. The molecule has 1 aliphatic rings. The predicted octanol–water partition coefficient (Wildman–Crippen LogP) is 2.79. The molecule has 0 aliphatic heterocycles. The van der Waals surface area contributed by atoms with E-state index in [9.17, 15) is 4.79 Å². The summed E-state index contributed by atoms with van der Waals surface area (Å²) in [6, 6.07) is 1.42. The Labute approximate surface area is 98.6 Å². The highest BCUT2D eigenvalue weighted by molar-refractivity contribution is 6.33. The second kappa shape index (κ2) is 3.94. The molecule has 2 N–H and O–H groups in total. The van der Waals surface area contributed by atoms with Gasteiger partial charge in [0.25, 0.3) is 0 Å². The average molecular weight is 241 g/mol. The summed E-state index contributed by atoms with van der Waals surface area (Å²) in [6.45, 7) is 2.11. The molecule has 0 bridgehead atoms. The van der Waals surface area contributed by atoms with E-state index in [4.69, 9.17) is 16.7 Å². The lowest BCUT2D eigenvalue weighted by atomic mass is 9.78. The summed E-state index contributed by atoms with van der Waals surface area (Å²) < 4.78 is 0. The van der Waals surface area contributed by atoms with Crippen molar-refractivity contribution in [3.63, 3.8) is 0 Å². The van der Waals surface area contributed by atoms with Crippen molar-refractivity contribution >= 4 is 23.4 Å². The zero-order valence-corrected chi connectivity index (χ0v) is 9.71. The third-order valence-electron chi connectivity index (χ3n) is 2.97. The number of nitrogens with zero attached hydrogens (tertiary/aromatic N) is 1. The van der Waals surface area contributed by atoms with E-state index in [-0.39, 0.29) is 11.1 Å². The van der Waals surface area contributed by atoms with Crippen molar-refractivity contribution in [2.75, 3.05) is 5.32 Å². The molecule has 0 unspecified atom stereocenters. The van der Waals surface area contributed by atoms with Crippen LogP contribution in [0.5, 0.6) is 0 Å². The predicted molar refractivity (Wildman–Crippen MR) is 62.1 cm³/mol. The fourth-order valence-electron chi connectivity index (χ4n) is 1.76. The lowest BCUT2D eigenvalue weighted by molar-refractivity contribution is 0.0696. The molecule has 0 spiro atoms. The number of rotatable bonds is 3. The lowest BCUT2D eigenvalue weighted by Crippen LogP contribution is -2.42. The first-order valence-corrected chi connectivity index (χ1v) is 5.55. The van der Waals surface area contributed by atoms with Crippen LogP contribution in [-0.2, 0) is 0 Å². The van der Waals surface area contributed by atoms with Crippen LogP contribution in [0.4, 0.5) is 5.82 Å². The molecule has 1 aromatic heterocycles. The number of hydrogen-bond acceptors (Lipinski definition) is 3. The van der Waals surface area contributed by atoms with Crippen molar-refractivity contribution < 1.29 is 9.90 Å². The Morgan fingerprint density at radius 2 is 2.31 bits per heavy atom. The van der Waals surface area contributed by atoms with Gasteiger partial charge >= 0.3 is 5.97 Å². The normalized spacial score (nSPS) is 17.6. The highest BCUT2D eigenvalue weighted by Crippen LogP contribution is 2.35. The van der Waals surface area contributed by atoms with Gasteiger partial charge in [0.1, 0.15) is 5.82 Å². The van der Waals surface area contributed by atoms with Crippen LogP contribution in [0.25, 0.3) is 0 Å². The Kier molecular flexibility index (Phi) is 2.76. The van der Waals surface area contributed by atoms with Gasteiger partial charge in [-0.1, -0.05) is 11.6 Å². The van der Waals surface area contributed by atoms with Gasteiger partial charge in [-0.05, 0) is 32.3 Å². The first-order valence-electron chi connectivity index (χ1n) is 5.17. The molecule has 0 atom stereocenters. The lowest BCUT2D eigenvalue weighted by Gasteiger charge is -2.39. The Morgan fingerprint density at radius 3 is 2.75 bits per heavy atom. The largest absolute Gasteiger partial charge is 0.478 e. The van der Waals surface area contributed by atoms with E-state index < -0.39 is 5.97 Å². The molecular formula is C11H13ClN2O2. The summed E-state index contributed by atoms with van der Waals surface area (Å²) in [5, 5.41) is 12.4. The van der Waals surface area contributed by atoms with E-state index in [0.29, 0.717) is 10.8 Å². The summed E-state index contributed by atoms with van der Waals surface area (Å²) in [4.78, 5) is 14.7. The van der Waals surface area contributed by atoms with E-state index in [1.807, 2.05) is 0 Å². The number of carboxylic acid groups (broad SMARTS) is 1. The van der Waals surface area contributed by atoms with Crippen LogP contribution in [0.3, 0.4) is 0 Å². The molecule has 5 heteroatoms. The van der Waals surface area contributed by atoms with E-state index in [2.05, 4.69) is 17.2 Å². The van der Waals surface area contributed by atoms with Gasteiger partial charge in [-0.2, -0.15) is 0 Å². The van der Waals surface area contributed by atoms with E-state index >= 15 is 0 Å². The zero-order valence-electron chi connectivity index (χ0n) is 8.96. The first-order chi connectivity index (χ1) is 7.50. The number of aromatic nitrogens is 1. The topological polar surface area (TPSA) is 62.2 Å². The highest BCUT2D eigenvalue weighted by Gasteiger charge is 2.32. The third kappa shape index (κ3) is 2.11. The summed E-state index contributed by atoms with van der Waals surface area (Å²) in [5.41, 5.74) is 0.163. The maximum atomic E-state index is 10.7. The SMILES string of the molecule is CC1(Nc2ncc(C(=O)O)cc2Cl)CCC1. The van der Waals surface area contributed by atoms with Crippen molar-refractivity contribution in [1.82, 2.24) is 4.98 Å². The van der Waals surface area contributed by atoms with Crippen LogP contribution in [0.1, 0.15) is 36.5 Å². The molecule has 86 valence electrons. The summed E-state index contributed by atoms with van der Waals surface area (Å²) in [7, 11) is 0. The van der Waals surface area contributed by atoms with E-state index in [1.54, 1.807) is 0 Å². The van der Waals surface area contributed by atoms with Crippen molar-refractivity contribution in [3.8, 4) is 0 Å². The number of carboxylic acids is 1. The molecule has 0 amide bonds. The van der Waals surface area contributed by atoms with Crippen LogP contribution in [0, 0.1) is 0 Å². The third-order valence-corrected chi connectivity index (χ3v) is 3.25. The van der Waals surface area contributed by atoms with Gasteiger partial charge < -0.3 is 10.4 Å². The van der Waals surface area contributed by atoms with Crippen LogP contribution in [0.15, 0.2) is 12.3 Å². The zero-order chi connectivity index (χ0) is 11.8. The fourth-order valence-corrected chi connectivity index (χ4v) is 1.98. The monoisotopic (exact) mass is 240 g/mol. The van der Waals surface area contributed by atoms with Crippen molar-refractivity contribution in [2.45, 2.75) is 31.7 Å². The quantitative estimate of drug-likeness (QED) is 0.853. The molecule has 16 heavy (non-hydrogen) atoms. The maximum Gasteiger partial charge on any atom is 0.337 e. The number of halogens is 1. The Balaban J connectivity index is 2.19. The number of nitrogens with one attached hydrogen (secondary N) is 1. The number of anilines is 1. The molecule has 0 saturated heterocycles. The first kappa shape index (κ1) is 11.2. The molecule has 0 aromatic carbocycles. The minimum atomic E-state index is -1.02. The van der Waals surface area contributed by atoms with Gasteiger partial charge in [0, 0.05) is 11.7 Å². The van der Waals surface area contributed by atoms with Crippen LogP contribution in [-0.4, -0.2) is 21.6 Å². The van der Waals surface area contributed by atoms with Crippen LogP contribution in [0.2, 0.25) is 5.02 Å². The van der Waals surface area contributed by atoms with Crippen molar-refractivity contribution in [2.24, 2.45) is 0 Å². The van der Waals surface area contributed by atoms with Crippen LogP contribution >= 0.6 is 11.6 Å². The number of aromatic carboxylic acids is 1. The smallest absolute Gasteiger partial charge is 0.337 e. The second-order valence-electron chi connectivity index (χ2n) is 4.40. The minimum absolute atomic E-state index is 0.0569. The van der Waals surface area contributed by atoms with Gasteiger partial charge in [0.05, 0.1) is 10.6 Å². The van der Waals surface area contributed by atoms with Gasteiger partial charge in [-0.3, -0.25) is 0 Å². The maximum absolute atomic E-state index is 10.7. The molecule has 2 rings (SSSR count). The number of carbonyl (C=O) groups is 1. The Bertz CT molecular complexity index is 430. The Hall–Kier alpha value is -1.29. The average Bonchev–Trinajstić information content (AvgIpc) is 2.18. The molecule has 1 saturated carbocycles. The standard InChI is InChI=1S/C11H13ClN2O2/c1-11(3-2-4-11)14-9-8(12)5-7(6-13-9)10(15)16/h5-6H,2-4H2,1H3,(H,13,14)(H,15,16). The van der Waals surface area contributed by atoms with Crippen molar-refractivity contribution in [3.05, 3.63) is 22.8 Å². The van der Waals surface area contributed by atoms with Crippen molar-refractivity contribution in [1.29, 1.82) is 0 Å². The molecule has 1 aliphatic carbocycles. The second-order valence-corrected chi connectivity index (χ2v) is 4.81. The van der Waals surface area contributed by atoms with E-state index in [0.717, 1.165) is 12.8 Å². The molecule has 0 radical (unpaired) electrons. The van der Waals surface area contributed by atoms with Gasteiger partial charge in [-0.15, -0.1) is 0 Å². The van der Waals surface area contributed by atoms with Crippen LogP contribution < -0.4 is 5.32 Å². The molecular weight excluding hydrogens is 228 g/mol. The van der Waals surface area contributed by atoms with Gasteiger partial charge in [0.15, 0.2) is 0 Å². The Morgan fingerprint density at radius 1 is 1.62 bits per heavy atom.